The lowest BCUT2D eigenvalue weighted by Gasteiger charge is -2.12. The van der Waals surface area contributed by atoms with Crippen molar-refractivity contribution in [2.75, 3.05) is 5.73 Å². The van der Waals surface area contributed by atoms with Crippen LogP contribution >= 0.6 is 0 Å². The minimum atomic E-state index is 0.861. The van der Waals surface area contributed by atoms with E-state index in [1.54, 1.807) is 0 Å². The molecule has 1 heteroatoms. The minimum absolute atomic E-state index is 0.861. The van der Waals surface area contributed by atoms with E-state index in [0.29, 0.717) is 0 Å². The number of nitrogen functional groups attached to an aromatic ring is 1. The highest BCUT2D eigenvalue weighted by atomic mass is 14.6. The Kier molecular flexibility index (Phi) is 2.93. The average Bonchev–Trinajstić information content (AvgIpc) is 2.24. The second-order valence-corrected chi connectivity index (χ2v) is 4.84. The van der Waals surface area contributed by atoms with Crippen molar-refractivity contribution in [2.24, 2.45) is 0 Å². The lowest BCUT2D eigenvalue weighted by Crippen LogP contribution is -1.95. The number of rotatable bonds is 1. The fourth-order valence-electron chi connectivity index (χ4n) is 2.19. The predicted molar refractivity (Wildman–Crippen MR) is 75.2 cm³/mol. The van der Waals surface area contributed by atoms with Crippen LogP contribution in [0.2, 0.25) is 0 Å². The van der Waals surface area contributed by atoms with Gasteiger partial charge in [-0.2, -0.15) is 0 Å². The number of anilines is 1. The molecule has 0 spiro atoms. The van der Waals surface area contributed by atoms with Crippen molar-refractivity contribution < 1.29 is 0 Å². The summed E-state index contributed by atoms with van der Waals surface area (Å²) in [6, 6.07) is 10.7. The zero-order valence-corrected chi connectivity index (χ0v) is 11.0. The molecular formula is C16H19N. The maximum absolute atomic E-state index is 6.13. The molecule has 0 saturated carbocycles. The van der Waals surface area contributed by atoms with E-state index in [1.807, 2.05) is 0 Å². The first-order valence-corrected chi connectivity index (χ1v) is 5.93. The number of nitrogens with two attached hydrogens (primary N) is 1. The van der Waals surface area contributed by atoms with Crippen LogP contribution in [0.3, 0.4) is 0 Å². The first kappa shape index (κ1) is 11.7. The van der Waals surface area contributed by atoms with Crippen LogP contribution in [0.1, 0.15) is 22.3 Å². The smallest absolute Gasteiger partial charge is 0.0396 e. The van der Waals surface area contributed by atoms with Gasteiger partial charge in [-0.3, -0.25) is 0 Å². The van der Waals surface area contributed by atoms with Crippen molar-refractivity contribution in [3.8, 4) is 11.1 Å². The number of hydrogen-bond acceptors (Lipinski definition) is 1. The normalized spacial score (nSPS) is 10.6. The van der Waals surface area contributed by atoms with Gasteiger partial charge in [0, 0.05) is 11.3 Å². The Balaban J connectivity index is 2.64. The standard InChI is InChI=1S/C16H19N/c1-10-5-6-14(13(4)7-10)15-8-11(2)12(3)9-16(15)17/h5-9H,17H2,1-4H3. The third kappa shape index (κ3) is 2.19. The minimum Gasteiger partial charge on any atom is -0.398 e. The molecule has 2 N–H and O–H groups in total. The third-order valence-electron chi connectivity index (χ3n) is 3.34. The summed E-state index contributed by atoms with van der Waals surface area (Å²) in [4.78, 5) is 0. The van der Waals surface area contributed by atoms with Gasteiger partial charge in [-0.05, 0) is 62.1 Å². The summed E-state index contributed by atoms with van der Waals surface area (Å²) < 4.78 is 0. The maximum atomic E-state index is 6.13. The van der Waals surface area contributed by atoms with Gasteiger partial charge in [0.05, 0.1) is 0 Å². The molecule has 2 rings (SSSR count). The van der Waals surface area contributed by atoms with Crippen molar-refractivity contribution >= 4 is 5.69 Å². The average molecular weight is 225 g/mol. The molecule has 0 aromatic heterocycles. The predicted octanol–water partition coefficient (Wildman–Crippen LogP) is 4.17. The van der Waals surface area contributed by atoms with E-state index in [9.17, 15) is 0 Å². The molecule has 0 atom stereocenters. The Bertz CT molecular complexity index is 568. The van der Waals surface area contributed by atoms with Gasteiger partial charge in [0.1, 0.15) is 0 Å². The molecule has 0 unspecified atom stereocenters. The summed E-state index contributed by atoms with van der Waals surface area (Å²) in [5.41, 5.74) is 14.5. The molecule has 0 aliphatic carbocycles. The molecular weight excluding hydrogens is 206 g/mol. The zero-order valence-electron chi connectivity index (χ0n) is 11.0. The second-order valence-electron chi connectivity index (χ2n) is 4.84. The van der Waals surface area contributed by atoms with Gasteiger partial charge in [-0.1, -0.05) is 23.8 Å². The molecule has 0 radical (unpaired) electrons. The Morgan fingerprint density at radius 2 is 1.35 bits per heavy atom. The molecule has 0 saturated heterocycles. The van der Waals surface area contributed by atoms with Crippen LogP contribution in [0, 0.1) is 27.7 Å². The number of hydrogen-bond donors (Lipinski definition) is 1. The van der Waals surface area contributed by atoms with Crippen molar-refractivity contribution in [1.29, 1.82) is 0 Å². The van der Waals surface area contributed by atoms with E-state index in [1.165, 1.54) is 27.8 Å². The highest BCUT2D eigenvalue weighted by Gasteiger charge is 2.07. The van der Waals surface area contributed by atoms with Gasteiger partial charge in [0.2, 0.25) is 0 Å². The van der Waals surface area contributed by atoms with Gasteiger partial charge in [-0.15, -0.1) is 0 Å². The van der Waals surface area contributed by atoms with Crippen molar-refractivity contribution in [1.82, 2.24) is 0 Å². The van der Waals surface area contributed by atoms with E-state index in [4.69, 9.17) is 5.73 Å². The highest BCUT2D eigenvalue weighted by molar-refractivity contribution is 5.79. The van der Waals surface area contributed by atoms with E-state index in [0.717, 1.165) is 11.3 Å². The summed E-state index contributed by atoms with van der Waals surface area (Å²) >= 11 is 0. The molecule has 1 nitrogen and oxygen atoms in total. The number of benzene rings is 2. The molecule has 17 heavy (non-hydrogen) atoms. The Morgan fingerprint density at radius 1 is 0.706 bits per heavy atom. The first-order chi connectivity index (χ1) is 7.99. The van der Waals surface area contributed by atoms with E-state index < -0.39 is 0 Å². The van der Waals surface area contributed by atoms with Crippen molar-refractivity contribution in [3.63, 3.8) is 0 Å². The Morgan fingerprint density at radius 3 is 2.00 bits per heavy atom. The summed E-state index contributed by atoms with van der Waals surface area (Å²) in [6.07, 6.45) is 0. The van der Waals surface area contributed by atoms with Crippen LogP contribution in [0.25, 0.3) is 11.1 Å². The second kappa shape index (κ2) is 4.25. The number of aryl methyl sites for hydroxylation is 4. The molecule has 0 aliphatic rings. The van der Waals surface area contributed by atoms with Crippen LogP contribution < -0.4 is 5.73 Å². The van der Waals surface area contributed by atoms with Crippen LogP contribution in [0.15, 0.2) is 30.3 Å². The van der Waals surface area contributed by atoms with Gasteiger partial charge in [0.15, 0.2) is 0 Å². The molecule has 0 amide bonds. The van der Waals surface area contributed by atoms with Gasteiger partial charge in [0.25, 0.3) is 0 Å². The van der Waals surface area contributed by atoms with E-state index >= 15 is 0 Å². The monoisotopic (exact) mass is 225 g/mol. The van der Waals surface area contributed by atoms with Crippen molar-refractivity contribution in [3.05, 3.63) is 52.6 Å². The highest BCUT2D eigenvalue weighted by Crippen LogP contribution is 2.31. The summed E-state index contributed by atoms with van der Waals surface area (Å²) in [6.45, 7) is 8.47. The zero-order chi connectivity index (χ0) is 12.6. The van der Waals surface area contributed by atoms with Gasteiger partial charge >= 0.3 is 0 Å². The van der Waals surface area contributed by atoms with Crippen LogP contribution in [-0.2, 0) is 0 Å². The SMILES string of the molecule is Cc1ccc(-c2cc(C)c(C)cc2N)c(C)c1. The largest absolute Gasteiger partial charge is 0.398 e. The molecule has 0 bridgehead atoms. The molecule has 0 aliphatic heterocycles. The van der Waals surface area contributed by atoms with Gasteiger partial charge < -0.3 is 5.73 Å². The lowest BCUT2D eigenvalue weighted by atomic mass is 9.94. The fourth-order valence-corrected chi connectivity index (χ4v) is 2.19. The molecule has 2 aromatic rings. The van der Waals surface area contributed by atoms with Crippen LogP contribution in [0.4, 0.5) is 5.69 Å². The summed E-state index contributed by atoms with van der Waals surface area (Å²) in [5, 5.41) is 0. The first-order valence-electron chi connectivity index (χ1n) is 5.93. The van der Waals surface area contributed by atoms with Crippen LogP contribution in [0.5, 0.6) is 0 Å². The molecule has 0 fully saturated rings. The Hall–Kier alpha value is -1.76. The maximum Gasteiger partial charge on any atom is 0.0396 e. The molecule has 0 heterocycles. The summed E-state index contributed by atoms with van der Waals surface area (Å²) in [7, 11) is 0. The molecule has 88 valence electrons. The fraction of sp³-hybridized carbons (Fsp3) is 0.250. The Labute approximate surface area is 103 Å². The lowest BCUT2D eigenvalue weighted by molar-refractivity contribution is 1.33. The van der Waals surface area contributed by atoms with E-state index in [2.05, 4.69) is 58.0 Å². The van der Waals surface area contributed by atoms with E-state index in [-0.39, 0.29) is 0 Å². The van der Waals surface area contributed by atoms with Crippen molar-refractivity contribution in [2.45, 2.75) is 27.7 Å². The third-order valence-corrected chi connectivity index (χ3v) is 3.34. The quantitative estimate of drug-likeness (QED) is 0.724. The van der Waals surface area contributed by atoms with Crippen LogP contribution in [-0.4, -0.2) is 0 Å². The summed E-state index contributed by atoms with van der Waals surface area (Å²) in [5.74, 6) is 0. The molecule has 2 aromatic carbocycles. The topological polar surface area (TPSA) is 26.0 Å². The van der Waals surface area contributed by atoms with Gasteiger partial charge in [-0.25, -0.2) is 0 Å².